The molecule has 0 radical (unpaired) electrons. The van der Waals surface area contributed by atoms with Gasteiger partial charge in [0.15, 0.2) is 5.76 Å². The molecule has 0 fully saturated rings. The maximum Gasteiger partial charge on any atom is 0.221 e. The normalized spacial score (nSPS) is 10.8. The molecular formula is C13H9ClO2. The molecule has 0 aliphatic carbocycles. The van der Waals surface area contributed by atoms with Gasteiger partial charge in [-0.15, -0.1) is 0 Å². The predicted octanol–water partition coefficient (Wildman–Crippen LogP) is 3.83. The molecule has 0 aliphatic heterocycles. The van der Waals surface area contributed by atoms with Gasteiger partial charge >= 0.3 is 0 Å². The van der Waals surface area contributed by atoms with E-state index in [1.54, 1.807) is 30.3 Å². The SMILES string of the molecule is O=C(/C=C/c1ccc(Cl)cc1)c1ccco1. The van der Waals surface area contributed by atoms with Crippen LogP contribution in [0.1, 0.15) is 16.1 Å². The van der Waals surface area contributed by atoms with Gasteiger partial charge in [-0.25, -0.2) is 0 Å². The van der Waals surface area contributed by atoms with E-state index in [-0.39, 0.29) is 5.78 Å². The summed E-state index contributed by atoms with van der Waals surface area (Å²) in [6, 6.07) is 10.6. The Morgan fingerprint density at radius 2 is 1.94 bits per heavy atom. The maximum absolute atomic E-state index is 11.5. The second-order valence-electron chi connectivity index (χ2n) is 3.23. The lowest BCUT2D eigenvalue weighted by Crippen LogP contribution is -1.90. The molecule has 0 N–H and O–H groups in total. The van der Waals surface area contributed by atoms with Gasteiger partial charge in [-0.3, -0.25) is 4.79 Å². The Hall–Kier alpha value is -1.80. The number of carbonyl (C=O) groups excluding carboxylic acids is 1. The Bertz CT molecular complexity index is 495. The number of rotatable bonds is 3. The fourth-order valence-corrected chi connectivity index (χ4v) is 1.37. The number of benzene rings is 1. The van der Waals surface area contributed by atoms with Crippen LogP contribution < -0.4 is 0 Å². The van der Waals surface area contributed by atoms with E-state index in [1.165, 1.54) is 12.3 Å². The lowest BCUT2D eigenvalue weighted by atomic mass is 10.2. The third-order valence-corrected chi connectivity index (χ3v) is 2.31. The molecule has 1 aromatic carbocycles. The van der Waals surface area contributed by atoms with Gasteiger partial charge in [0.05, 0.1) is 6.26 Å². The summed E-state index contributed by atoms with van der Waals surface area (Å²) < 4.78 is 4.98. The van der Waals surface area contributed by atoms with Crippen LogP contribution in [0.2, 0.25) is 5.02 Å². The second kappa shape index (κ2) is 4.81. The Labute approximate surface area is 98.2 Å². The summed E-state index contributed by atoms with van der Waals surface area (Å²) >= 11 is 5.75. The smallest absolute Gasteiger partial charge is 0.221 e. The monoisotopic (exact) mass is 232 g/mol. The third-order valence-electron chi connectivity index (χ3n) is 2.06. The van der Waals surface area contributed by atoms with Crippen LogP contribution in [0.4, 0.5) is 0 Å². The van der Waals surface area contributed by atoms with Crippen molar-refractivity contribution < 1.29 is 9.21 Å². The number of ketones is 1. The zero-order chi connectivity index (χ0) is 11.4. The van der Waals surface area contributed by atoms with Gasteiger partial charge in [-0.1, -0.05) is 29.8 Å². The zero-order valence-corrected chi connectivity index (χ0v) is 9.15. The van der Waals surface area contributed by atoms with Crippen molar-refractivity contribution in [1.29, 1.82) is 0 Å². The molecule has 1 heterocycles. The highest BCUT2D eigenvalue weighted by molar-refractivity contribution is 6.30. The second-order valence-corrected chi connectivity index (χ2v) is 3.66. The van der Waals surface area contributed by atoms with Crippen LogP contribution in [0.15, 0.2) is 53.2 Å². The first-order valence-electron chi connectivity index (χ1n) is 4.77. The first-order chi connectivity index (χ1) is 7.75. The van der Waals surface area contributed by atoms with Crippen molar-refractivity contribution in [2.24, 2.45) is 0 Å². The molecule has 0 spiro atoms. The van der Waals surface area contributed by atoms with Crippen LogP contribution in [0.3, 0.4) is 0 Å². The number of allylic oxidation sites excluding steroid dienone is 1. The van der Waals surface area contributed by atoms with Gasteiger partial charge in [-0.05, 0) is 35.9 Å². The largest absolute Gasteiger partial charge is 0.461 e. The van der Waals surface area contributed by atoms with Crippen molar-refractivity contribution in [1.82, 2.24) is 0 Å². The van der Waals surface area contributed by atoms with Gasteiger partial charge in [0.25, 0.3) is 0 Å². The molecule has 1 aromatic heterocycles. The zero-order valence-electron chi connectivity index (χ0n) is 8.39. The lowest BCUT2D eigenvalue weighted by Gasteiger charge is -1.93. The van der Waals surface area contributed by atoms with E-state index in [4.69, 9.17) is 16.0 Å². The molecule has 0 amide bonds. The van der Waals surface area contributed by atoms with E-state index in [9.17, 15) is 4.79 Å². The van der Waals surface area contributed by atoms with Crippen LogP contribution in [-0.4, -0.2) is 5.78 Å². The molecule has 0 unspecified atom stereocenters. The minimum absolute atomic E-state index is 0.153. The number of halogens is 1. The van der Waals surface area contributed by atoms with E-state index in [0.29, 0.717) is 10.8 Å². The molecule has 2 nitrogen and oxygen atoms in total. The van der Waals surface area contributed by atoms with Crippen molar-refractivity contribution in [2.75, 3.05) is 0 Å². The Kier molecular flexibility index (Phi) is 3.22. The van der Waals surface area contributed by atoms with E-state index in [0.717, 1.165) is 5.56 Å². The van der Waals surface area contributed by atoms with E-state index < -0.39 is 0 Å². The quantitative estimate of drug-likeness (QED) is 0.595. The summed E-state index contributed by atoms with van der Waals surface area (Å²) in [7, 11) is 0. The van der Waals surface area contributed by atoms with Crippen molar-refractivity contribution in [3.63, 3.8) is 0 Å². The van der Waals surface area contributed by atoms with E-state index >= 15 is 0 Å². The van der Waals surface area contributed by atoms with E-state index in [1.807, 2.05) is 12.1 Å². The average molecular weight is 233 g/mol. The van der Waals surface area contributed by atoms with Gasteiger partial charge in [0, 0.05) is 5.02 Å². The molecule has 0 bridgehead atoms. The van der Waals surface area contributed by atoms with Crippen LogP contribution in [0.5, 0.6) is 0 Å². The summed E-state index contributed by atoms with van der Waals surface area (Å²) in [5, 5.41) is 0.675. The molecule has 3 heteroatoms. The maximum atomic E-state index is 11.5. The Balaban J connectivity index is 2.10. The van der Waals surface area contributed by atoms with Crippen molar-refractivity contribution in [2.45, 2.75) is 0 Å². The van der Waals surface area contributed by atoms with Crippen LogP contribution >= 0.6 is 11.6 Å². The summed E-state index contributed by atoms with van der Waals surface area (Å²) in [4.78, 5) is 11.5. The van der Waals surface area contributed by atoms with Crippen molar-refractivity contribution in [3.8, 4) is 0 Å². The molecule has 80 valence electrons. The Morgan fingerprint density at radius 1 is 1.19 bits per heavy atom. The fourth-order valence-electron chi connectivity index (χ4n) is 1.25. The molecule has 0 atom stereocenters. The third kappa shape index (κ3) is 2.61. The van der Waals surface area contributed by atoms with Crippen LogP contribution in [-0.2, 0) is 0 Å². The summed E-state index contributed by atoms with van der Waals surface area (Å²) in [6.07, 6.45) is 4.67. The van der Waals surface area contributed by atoms with Crippen LogP contribution in [0.25, 0.3) is 6.08 Å². The molecule has 0 aliphatic rings. The topological polar surface area (TPSA) is 30.2 Å². The van der Waals surface area contributed by atoms with Gasteiger partial charge in [0.1, 0.15) is 0 Å². The first-order valence-corrected chi connectivity index (χ1v) is 5.15. The fraction of sp³-hybridized carbons (Fsp3) is 0. The summed E-state index contributed by atoms with van der Waals surface area (Å²) in [5.74, 6) is 0.185. The standard InChI is InChI=1S/C13H9ClO2/c14-11-6-3-10(4-7-11)5-8-12(15)13-2-1-9-16-13/h1-9H/b8-5+. The first kappa shape index (κ1) is 10.7. The molecule has 16 heavy (non-hydrogen) atoms. The predicted molar refractivity (Wildman–Crippen MR) is 63.5 cm³/mol. The molecule has 0 saturated heterocycles. The number of hydrogen-bond donors (Lipinski definition) is 0. The summed E-state index contributed by atoms with van der Waals surface area (Å²) in [5.41, 5.74) is 0.921. The minimum Gasteiger partial charge on any atom is -0.461 e. The highest BCUT2D eigenvalue weighted by Gasteiger charge is 2.03. The van der Waals surface area contributed by atoms with Crippen LogP contribution in [0, 0.1) is 0 Å². The lowest BCUT2D eigenvalue weighted by molar-refractivity contribution is 0.102. The molecule has 0 saturated carbocycles. The number of furan rings is 1. The van der Waals surface area contributed by atoms with Gasteiger partial charge < -0.3 is 4.42 Å². The van der Waals surface area contributed by atoms with Crippen molar-refractivity contribution in [3.05, 3.63) is 65.1 Å². The summed E-state index contributed by atoms with van der Waals surface area (Å²) in [6.45, 7) is 0. The van der Waals surface area contributed by atoms with Crippen molar-refractivity contribution >= 4 is 23.5 Å². The molecular weight excluding hydrogens is 224 g/mol. The minimum atomic E-state index is -0.153. The highest BCUT2D eigenvalue weighted by Crippen LogP contribution is 2.11. The highest BCUT2D eigenvalue weighted by atomic mass is 35.5. The van der Waals surface area contributed by atoms with E-state index in [2.05, 4.69) is 0 Å². The average Bonchev–Trinajstić information content (AvgIpc) is 2.81. The molecule has 2 aromatic rings. The van der Waals surface area contributed by atoms with Gasteiger partial charge in [-0.2, -0.15) is 0 Å². The number of hydrogen-bond acceptors (Lipinski definition) is 2. The Morgan fingerprint density at radius 3 is 2.56 bits per heavy atom. The molecule has 2 rings (SSSR count). The number of carbonyl (C=O) groups is 1. The van der Waals surface area contributed by atoms with Gasteiger partial charge in [0.2, 0.25) is 5.78 Å².